The highest BCUT2D eigenvalue weighted by molar-refractivity contribution is 5.84. The molecule has 0 aliphatic carbocycles. The molecular formula is C19H21N5O3. The summed E-state index contributed by atoms with van der Waals surface area (Å²) in [6, 6.07) is 8.72. The highest BCUT2D eigenvalue weighted by Crippen LogP contribution is 2.13. The lowest BCUT2D eigenvalue weighted by molar-refractivity contribution is 0.147. The zero-order valence-electron chi connectivity index (χ0n) is 15.2. The van der Waals surface area contributed by atoms with Gasteiger partial charge in [0.25, 0.3) is 0 Å². The van der Waals surface area contributed by atoms with E-state index in [-0.39, 0.29) is 11.3 Å². The van der Waals surface area contributed by atoms with Gasteiger partial charge >= 0.3 is 6.09 Å². The molecule has 1 aromatic carbocycles. The van der Waals surface area contributed by atoms with Crippen LogP contribution in [0.5, 0.6) is 0 Å². The van der Waals surface area contributed by atoms with Gasteiger partial charge < -0.3 is 4.74 Å². The highest BCUT2D eigenvalue weighted by Gasteiger charge is 2.09. The lowest BCUT2D eigenvalue weighted by Crippen LogP contribution is -2.17. The number of H-pyrrole nitrogens is 1. The van der Waals surface area contributed by atoms with Crippen LogP contribution in [0.25, 0.3) is 5.69 Å². The molecule has 0 radical (unpaired) electrons. The first-order chi connectivity index (χ1) is 13.0. The molecule has 0 aliphatic heterocycles. The van der Waals surface area contributed by atoms with E-state index in [0.29, 0.717) is 24.4 Å². The van der Waals surface area contributed by atoms with Crippen LogP contribution in [0, 0.1) is 5.92 Å². The van der Waals surface area contributed by atoms with Crippen molar-refractivity contribution in [2.75, 3.05) is 11.9 Å². The Hall–Kier alpha value is -3.42. The number of amides is 1. The van der Waals surface area contributed by atoms with E-state index in [1.54, 1.807) is 35.4 Å². The van der Waals surface area contributed by atoms with Crippen molar-refractivity contribution in [2.45, 2.75) is 20.3 Å². The van der Waals surface area contributed by atoms with E-state index in [0.717, 1.165) is 11.3 Å². The van der Waals surface area contributed by atoms with Gasteiger partial charge in [0.05, 0.1) is 12.8 Å². The van der Waals surface area contributed by atoms with Crippen LogP contribution in [0.3, 0.4) is 0 Å². The predicted octanol–water partition coefficient (Wildman–Crippen LogP) is 2.75. The molecule has 8 heteroatoms. The fraction of sp³-hybridized carbons (Fsp3) is 0.263. The van der Waals surface area contributed by atoms with Crippen molar-refractivity contribution in [3.05, 3.63) is 70.4 Å². The van der Waals surface area contributed by atoms with Crippen molar-refractivity contribution in [1.29, 1.82) is 0 Å². The number of ether oxygens (including phenoxy) is 1. The lowest BCUT2D eigenvalue weighted by atomic mass is 10.1. The van der Waals surface area contributed by atoms with Gasteiger partial charge in [-0.25, -0.2) is 9.48 Å². The number of hydrogen-bond acceptors (Lipinski definition) is 5. The summed E-state index contributed by atoms with van der Waals surface area (Å²) in [6.07, 6.45) is 4.75. The second-order valence-electron chi connectivity index (χ2n) is 6.52. The second-order valence-corrected chi connectivity index (χ2v) is 6.52. The van der Waals surface area contributed by atoms with Gasteiger partial charge in [-0.3, -0.25) is 15.2 Å². The fourth-order valence-electron chi connectivity index (χ4n) is 2.43. The van der Waals surface area contributed by atoms with Crippen LogP contribution in [0.1, 0.15) is 25.1 Å². The lowest BCUT2D eigenvalue weighted by Gasteiger charge is -2.10. The van der Waals surface area contributed by atoms with Crippen molar-refractivity contribution < 1.29 is 9.53 Å². The Morgan fingerprint density at radius 3 is 2.93 bits per heavy atom. The molecule has 0 saturated carbocycles. The van der Waals surface area contributed by atoms with Gasteiger partial charge in [0.1, 0.15) is 11.4 Å². The Bertz CT molecular complexity index is 963. The largest absolute Gasteiger partial charge is 0.449 e. The van der Waals surface area contributed by atoms with Crippen molar-refractivity contribution in [2.24, 2.45) is 5.92 Å². The predicted molar refractivity (Wildman–Crippen MR) is 101 cm³/mol. The number of nitrogens with zero attached hydrogens (tertiary/aromatic N) is 3. The maximum Gasteiger partial charge on any atom is 0.411 e. The van der Waals surface area contributed by atoms with Gasteiger partial charge in [-0.1, -0.05) is 26.0 Å². The Balaban J connectivity index is 1.74. The average molecular weight is 367 g/mol. The molecule has 27 heavy (non-hydrogen) atoms. The van der Waals surface area contributed by atoms with E-state index >= 15 is 0 Å². The minimum Gasteiger partial charge on any atom is -0.449 e. The van der Waals surface area contributed by atoms with Crippen LogP contribution in [0.15, 0.2) is 53.7 Å². The molecule has 0 spiro atoms. The Labute approximate surface area is 156 Å². The molecule has 0 bridgehead atoms. The first-order valence-electron chi connectivity index (χ1n) is 8.62. The maximum absolute atomic E-state index is 12.2. The summed E-state index contributed by atoms with van der Waals surface area (Å²) in [4.78, 5) is 24.0. The minimum absolute atomic E-state index is 0.149. The van der Waals surface area contributed by atoms with Crippen LogP contribution >= 0.6 is 0 Å². The minimum atomic E-state index is -0.499. The second kappa shape index (κ2) is 8.31. The van der Waals surface area contributed by atoms with E-state index in [1.165, 1.54) is 6.07 Å². The number of benzene rings is 1. The Morgan fingerprint density at radius 2 is 2.19 bits per heavy atom. The van der Waals surface area contributed by atoms with Gasteiger partial charge in [-0.15, -0.1) is 0 Å². The Morgan fingerprint density at radius 1 is 1.33 bits per heavy atom. The zero-order chi connectivity index (χ0) is 19.2. The number of hydrogen-bond donors (Lipinski definition) is 2. The summed E-state index contributed by atoms with van der Waals surface area (Å²) in [5.41, 5.74) is 2.45. The first-order valence-corrected chi connectivity index (χ1v) is 8.62. The quantitative estimate of drug-likeness (QED) is 0.697. The molecule has 3 aromatic rings. The average Bonchev–Trinajstić information content (AvgIpc) is 3.17. The SMILES string of the molecule is CC(C)COC(=O)Nc1cccc(Cc2nn(-c3cn[nH]c3)ccc2=O)c1. The topological polar surface area (TPSA) is 102 Å². The third kappa shape index (κ3) is 5.04. The standard InChI is InChI=1S/C19H21N5O3/c1-13(2)12-27-19(26)22-15-5-3-4-14(8-15)9-17-18(25)6-7-24(23-17)16-10-20-21-11-16/h3-8,10-11,13H,9,12H2,1-2H3,(H,20,21)(H,22,26). The zero-order valence-corrected chi connectivity index (χ0v) is 15.2. The molecule has 2 heterocycles. The van der Waals surface area contributed by atoms with Gasteiger partial charge in [-0.05, 0) is 23.6 Å². The number of nitrogens with one attached hydrogen (secondary N) is 2. The molecule has 2 aromatic heterocycles. The molecule has 0 aliphatic rings. The summed E-state index contributed by atoms with van der Waals surface area (Å²) in [7, 11) is 0. The van der Waals surface area contributed by atoms with Crippen LogP contribution in [-0.2, 0) is 11.2 Å². The Kier molecular flexibility index (Phi) is 5.65. The summed E-state index contributed by atoms with van der Waals surface area (Å²) >= 11 is 0. The van der Waals surface area contributed by atoms with Crippen molar-refractivity contribution >= 4 is 11.8 Å². The van der Waals surface area contributed by atoms with Gasteiger partial charge in [-0.2, -0.15) is 10.2 Å². The van der Waals surface area contributed by atoms with Crippen LogP contribution in [0.2, 0.25) is 0 Å². The van der Waals surface area contributed by atoms with Gasteiger partial charge in [0.2, 0.25) is 5.43 Å². The molecule has 3 rings (SSSR count). The van der Waals surface area contributed by atoms with E-state index in [2.05, 4.69) is 20.6 Å². The van der Waals surface area contributed by atoms with E-state index in [4.69, 9.17) is 4.74 Å². The maximum atomic E-state index is 12.2. The summed E-state index contributed by atoms with van der Waals surface area (Å²) < 4.78 is 6.71. The van der Waals surface area contributed by atoms with Crippen LogP contribution in [0.4, 0.5) is 10.5 Å². The number of carbonyl (C=O) groups excluding carboxylic acids is 1. The van der Waals surface area contributed by atoms with E-state index in [1.807, 2.05) is 26.0 Å². The van der Waals surface area contributed by atoms with Gasteiger partial charge in [0, 0.05) is 30.6 Å². The molecule has 140 valence electrons. The fourth-order valence-corrected chi connectivity index (χ4v) is 2.43. The number of carbonyl (C=O) groups is 1. The van der Waals surface area contributed by atoms with Crippen LogP contribution < -0.4 is 10.7 Å². The van der Waals surface area contributed by atoms with E-state index in [9.17, 15) is 9.59 Å². The third-order valence-electron chi connectivity index (χ3n) is 3.72. The molecule has 0 fully saturated rings. The molecule has 0 unspecified atom stereocenters. The molecule has 2 N–H and O–H groups in total. The normalized spacial score (nSPS) is 10.8. The molecule has 0 atom stereocenters. The van der Waals surface area contributed by atoms with E-state index < -0.39 is 6.09 Å². The van der Waals surface area contributed by atoms with Crippen molar-refractivity contribution in [1.82, 2.24) is 20.0 Å². The molecular weight excluding hydrogens is 346 g/mol. The highest BCUT2D eigenvalue weighted by atomic mass is 16.5. The summed E-state index contributed by atoms with van der Waals surface area (Å²) in [6.45, 7) is 4.29. The third-order valence-corrected chi connectivity index (χ3v) is 3.72. The number of rotatable bonds is 6. The molecule has 0 saturated heterocycles. The first kappa shape index (κ1) is 18.4. The summed E-state index contributed by atoms with van der Waals surface area (Å²) in [5.74, 6) is 0.267. The van der Waals surface area contributed by atoms with Crippen molar-refractivity contribution in [3.63, 3.8) is 0 Å². The van der Waals surface area contributed by atoms with Crippen LogP contribution in [-0.4, -0.2) is 32.7 Å². The monoisotopic (exact) mass is 367 g/mol. The van der Waals surface area contributed by atoms with Crippen molar-refractivity contribution in [3.8, 4) is 5.69 Å². The summed E-state index contributed by atoms with van der Waals surface area (Å²) in [5, 5.41) is 13.7. The van der Waals surface area contributed by atoms with Gasteiger partial charge in [0.15, 0.2) is 0 Å². The number of anilines is 1. The number of aromatic nitrogens is 4. The molecule has 1 amide bonds. The smallest absolute Gasteiger partial charge is 0.411 e. The molecule has 8 nitrogen and oxygen atoms in total. The number of aromatic amines is 1.